The molecule has 2 nitrogen and oxygen atoms in total. The zero-order valence-corrected chi connectivity index (χ0v) is 9.31. The van der Waals surface area contributed by atoms with Gasteiger partial charge in [0, 0.05) is 18.2 Å². The van der Waals surface area contributed by atoms with Crippen molar-refractivity contribution in [2.24, 2.45) is 0 Å². The summed E-state index contributed by atoms with van der Waals surface area (Å²) in [6.45, 7) is 2.12. The second-order valence-corrected chi connectivity index (χ2v) is 4.37. The lowest BCUT2D eigenvalue weighted by atomic mass is 9.94. The van der Waals surface area contributed by atoms with Crippen LogP contribution in [0.4, 0.5) is 0 Å². The fraction of sp³-hybridized carbons (Fsp3) is 0.286. The van der Waals surface area contributed by atoms with E-state index in [4.69, 9.17) is 4.74 Å². The molecule has 0 aliphatic carbocycles. The number of dihydropyridines is 1. The lowest BCUT2D eigenvalue weighted by Gasteiger charge is -2.22. The van der Waals surface area contributed by atoms with Crippen LogP contribution in [0.2, 0.25) is 0 Å². The molecule has 82 valence electrons. The second kappa shape index (κ2) is 3.71. The molecule has 0 amide bonds. The maximum absolute atomic E-state index is 5.77. The third-order valence-corrected chi connectivity index (χ3v) is 3.13. The summed E-state index contributed by atoms with van der Waals surface area (Å²) in [7, 11) is 0. The van der Waals surface area contributed by atoms with Crippen LogP contribution in [0.3, 0.4) is 0 Å². The smallest absolute Gasteiger partial charge is 0.122 e. The molecule has 1 aromatic rings. The van der Waals surface area contributed by atoms with Crippen LogP contribution in [0.15, 0.2) is 53.9 Å². The van der Waals surface area contributed by atoms with Gasteiger partial charge in [-0.15, -0.1) is 0 Å². The Labute approximate surface area is 95.6 Å². The van der Waals surface area contributed by atoms with Gasteiger partial charge in [-0.05, 0) is 18.6 Å². The lowest BCUT2D eigenvalue weighted by Crippen LogP contribution is -2.20. The SMILES string of the molecule is CC1CC2=C(C=CNC2c2ccccc2)O1. The van der Waals surface area contributed by atoms with Gasteiger partial charge < -0.3 is 10.1 Å². The Kier molecular flexibility index (Phi) is 2.21. The topological polar surface area (TPSA) is 21.3 Å². The van der Waals surface area contributed by atoms with E-state index in [1.165, 1.54) is 11.1 Å². The van der Waals surface area contributed by atoms with Crippen molar-refractivity contribution >= 4 is 0 Å². The summed E-state index contributed by atoms with van der Waals surface area (Å²) < 4.78 is 5.77. The first-order valence-electron chi connectivity index (χ1n) is 5.72. The van der Waals surface area contributed by atoms with E-state index in [1.54, 1.807) is 0 Å². The Bertz CT molecular complexity index is 447. The van der Waals surface area contributed by atoms with Crippen molar-refractivity contribution in [3.8, 4) is 0 Å². The average molecular weight is 213 g/mol. The summed E-state index contributed by atoms with van der Waals surface area (Å²) in [5.41, 5.74) is 2.68. The summed E-state index contributed by atoms with van der Waals surface area (Å²) in [5.74, 6) is 1.06. The summed E-state index contributed by atoms with van der Waals surface area (Å²) in [6, 6.07) is 10.8. The van der Waals surface area contributed by atoms with Gasteiger partial charge in [-0.25, -0.2) is 0 Å². The Morgan fingerprint density at radius 3 is 2.88 bits per heavy atom. The van der Waals surface area contributed by atoms with Crippen LogP contribution in [-0.4, -0.2) is 6.10 Å². The van der Waals surface area contributed by atoms with Gasteiger partial charge in [0.25, 0.3) is 0 Å². The minimum Gasteiger partial charge on any atom is -0.490 e. The van der Waals surface area contributed by atoms with Gasteiger partial charge in [0.05, 0.1) is 12.1 Å². The van der Waals surface area contributed by atoms with E-state index >= 15 is 0 Å². The first-order chi connectivity index (χ1) is 7.84. The fourth-order valence-corrected chi connectivity index (χ4v) is 2.41. The van der Waals surface area contributed by atoms with Crippen molar-refractivity contribution < 1.29 is 4.74 Å². The van der Waals surface area contributed by atoms with E-state index in [0.717, 1.165) is 12.2 Å². The third kappa shape index (κ3) is 1.51. The summed E-state index contributed by atoms with van der Waals surface area (Å²) >= 11 is 0. The minimum atomic E-state index is 0.283. The molecule has 2 aliphatic heterocycles. The highest BCUT2D eigenvalue weighted by atomic mass is 16.5. The van der Waals surface area contributed by atoms with Crippen LogP contribution >= 0.6 is 0 Å². The van der Waals surface area contributed by atoms with E-state index in [2.05, 4.69) is 36.5 Å². The van der Waals surface area contributed by atoms with Crippen molar-refractivity contribution in [1.29, 1.82) is 0 Å². The van der Waals surface area contributed by atoms with Crippen molar-refractivity contribution in [3.63, 3.8) is 0 Å². The van der Waals surface area contributed by atoms with Crippen LogP contribution in [0.25, 0.3) is 0 Å². The van der Waals surface area contributed by atoms with Gasteiger partial charge in [0.15, 0.2) is 0 Å². The Balaban J connectivity index is 1.96. The highest BCUT2D eigenvalue weighted by Gasteiger charge is 2.29. The van der Waals surface area contributed by atoms with E-state index in [9.17, 15) is 0 Å². The Morgan fingerprint density at radius 2 is 2.06 bits per heavy atom. The van der Waals surface area contributed by atoms with E-state index in [-0.39, 0.29) is 6.04 Å². The maximum Gasteiger partial charge on any atom is 0.122 e. The molecule has 0 saturated heterocycles. The molecule has 2 heterocycles. The minimum absolute atomic E-state index is 0.283. The van der Waals surface area contributed by atoms with E-state index in [1.807, 2.05) is 18.3 Å². The fourth-order valence-electron chi connectivity index (χ4n) is 2.41. The van der Waals surface area contributed by atoms with Crippen LogP contribution in [-0.2, 0) is 4.74 Å². The van der Waals surface area contributed by atoms with Crippen LogP contribution in [0.1, 0.15) is 24.9 Å². The Morgan fingerprint density at radius 1 is 1.25 bits per heavy atom. The second-order valence-electron chi connectivity index (χ2n) is 4.37. The number of allylic oxidation sites excluding steroid dienone is 1. The molecular weight excluding hydrogens is 198 g/mol. The molecule has 0 saturated carbocycles. The number of rotatable bonds is 1. The number of ether oxygens (including phenoxy) is 1. The molecule has 2 atom stereocenters. The molecule has 1 aromatic carbocycles. The van der Waals surface area contributed by atoms with E-state index in [0.29, 0.717) is 6.10 Å². The Hall–Kier alpha value is -1.70. The zero-order valence-electron chi connectivity index (χ0n) is 9.31. The summed E-state index contributed by atoms with van der Waals surface area (Å²) in [6.07, 6.45) is 5.33. The van der Waals surface area contributed by atoms with E-state index < -0.39 is 0 Å². The molecule has 2 aliphatic rings. The molecule has 0 radical (unpaired) electrons. The number of nitrogens with one attached hydrogen (secondary N) is 1. The van der Waals surface area contributed by atoms with Crippen LogP contribution < -0.4 is 5.32 Å². The lowest BCUT2D eigenvalue weighted by molar-refractivity contribution is 0.169. The van der Waals surface area contributed by atoms with Gasteiger partial charge in [-0.3, -0.25) is 0 Å². The predicted molar refractivity (Wildman–Crippen MR) is 63.6 cm³/mol. The number of hydrogen-bond donors (Lipinski definition) is 1. The first-order valence-corrected chi connectivity index (χ1v) is 5.72. The average Bonchev–Trinajstić information content (AvgIpc) is 2.70. The molecule has 0 spiro atoms. The monoisotopic (exact) mass is 213 g/mol. The quantitative estimate of drug-likeness (QED) is 0.774. The van der Waals surface area contributed by atoms with Gasteiger partial charge in [0.2, 0.25) is 0 Å². The molecule has 0 bridgehead atoms. The normalized spacial score (nSPS) is 27.3. The largest absolute Gasteiger partial charge is 0.490 e. The highest BCUT2D eigenvalue weighted by molar-refractivity contribution is 5.38. The molecule has 2 heteroatoms. The predicted octanol–water partition coefficient (Wildman–Crippen LogP) is 2.91. The van der Waals surface area contributed by atoms with Gasteiger partial charge >= 0.3 is 0 Å². The van der Waals surface area contributed by atoms with Crippen LogP contribution in [0, 0.1) is 0 Å². The standard InChI is InChI=1S/C14H15NO/c1-10-9-12-13(16-10)7-8-15-14(12)11-5-3-2-4-6-11/h2-8,10,14-15H,9H2,1H3. The van der Waals surface area contributed by atoms with Gasteiger partial charge in [0.1, 0.15) is 5.76 Å². The van der Waals surface area contributed by atoms with Crippen molar-refractivity contribution in [3.05, 3.63) is 59.5 Å². The summed E-state index contributed by atoms with van der Waals surface area (Å²) in [5, 5.41) is 3.41. The number of benzene rings is 1. The van der Waals surface area contributed by atoms with Crippen molar-refractivity contribution in [1.82, 2.24) is 5.32 Å². The first kappa shape index (κ1) is 9.52. The molecular formula is C14H15NO. The number of hydrogen-bond acceptors (Lipinski definition) is 2. The molecule has 1 N–H and O–H groups in total. The molecule has 0 aromatic heterocycles. The van der Waals surface area contributed by atoms with Gasteiger partial charge in [-0.2, -0.15) is 0 Å². The molecule has 0 fully saturated rings. The molecule has 2 unspecified atom stereocenters. The van der Waals surface area contributed by atoms with Gasteiger partial charge in [-0.1, -0.05) is 30.3 Å². The highest BCUT2D eigenvalue weighted by Crippen LogP contribution is 2.37. The zero-order chi connectivity index (χ0) is 11.0. The third-order valence-electron chi connectivity index (χ3n) is 3.13. The maximum atomic E-state index is 5.77. The van der Waals surface area contributed by atoms with Crippen LogP contribution in [0.5, 0.6) is 0 Å². The summed E-state index contributed by atoms with van der Waals surface area (Å²) in [4.78, 5) is 0. The van der Waals surface area contributed by atoms with Crippen molar-refractivity contribution in [2.45, 2.75) is 25.5 Å². The molecule has 16 heavy (non-hydrogen) atoms. The van der Waals surface area contributed by atoms with Crippen molar-refractivity contribution in [2.75, 3.05) is 0 Å². The molecule has 3 rings (SSSR count).